The van der Waals surface area contributed by atoms with Crippen molar-refractivity contribution in [2.24, 2.45) is 16.8 Å². The SMILES string of the molecule is O=C1CC2OCC=C3CN4CCC56c7cc(N=Cc8ccc([NH+]([O-])O)cc8)ccc7N1C5C2C3CC46. The van der Waals surface area contributed by atoms with E-state index in [1.807, 2.05) is 6.07 Å². The third-order valence-electron chi connectivity index (χ3n) is 9.81. The number of carbonyl (C=O) groups excluding carboxylic acids is 1. The number of fused-ring (bicyclic) bond motifs is 2. The minimum atomic E-state index is -0.936. The number of amides is 1. The van der Waals surface area contributed by atoms with Crippen molar-refractivity contribution in [1.82, 2.24) is 4.90 Å². The van der Waals surface area contributed by atoms with Crippen molar-refractivity contribution in [1.29, 1.82) is 0 Å². The molecule has 1 saturated carbocycles. The number of piperidine rings is 2. The van der Waals surface area contributed by atoms with Crippen LogP contribution in [0.1, 0.15) is 30.4 Å². The average molecular weight is 485 g/mol. The predicted octanol–water partition coefficient (Wildman–Crippen LogP) is 2.25. The Morgan fingerprint density at radius 2 is 2.08 bits per heavy atom. The van der Waals surface area contributed by atoms with E-state index in [-0.39, 0.29) is 29.2 Å². The third-order valence-corrected chi connectivity index (χ3v) is 9.81. The zero-order valence-electron chi connectivity index (χ0n) is 19.8. The van der Waals surface area contributed by atoms with E-state index in [4.69, 9.17) is 14.9 Å². The summed E-state index contributed by atoms with van der Waals surface area (Å²) in [6, 6.07) is 13.6. The first-order valence-corrected chi connectivity index (χ1v) is 12.9. The molecule has 4 fully saturated rings. The van der Waals surface area contributed by atoms with E-state index in [9.17, 15) is 10.0 Å². The summed E-state index contributed by atoms with van der Waals surface area (Å²) < 4.78 is 6.32. The summed E-state index contributed by atoms with van der Waals surface area (Å²) in [5.74, 6) is 1.04. The molecule has 8 rings (SSSR count). The molecule has 8 heteroatoms. The Bertz CT molecular complexity index is 1340. The lowest BCUT2D eigenvalue weighted by molar-refractivity contribution is -0.991. The maximum atomic E-state index is 13.6. The lowest BCUT2D eigenvalue weighted by Crippen LogP contribution is -2.99. The molecular weight excluding hydrogens is 456 g/mol. The highest BCUT2D eigenvalue weighted by molar-refractivity contribution is 5.99. The van der Waals surface area contributed by atoms with Gasteiger partial charge in [0, 0.05) is 48.0 Å². The Kier molecular flexibility index (Phi) is 4.33. The predicted molar refractivity (Wildman–Crippen MR) is 133 cm³/mol. The Morgan fingerprint density at radius 1 is 1.22 bits per heavy atom. The van der Waals surface area contributed by atoms with E-state index >= 15 is 0 Å². The third kappa shape index (κ3) is 2.65. The van der Waals surface area contributed by atoms with Crippen molar-refractivity contribution in [2.75, 3.05) is 24.6 Å². The highest BCUT2D eigenvalue weighted by Gasteiger charge is 2.71. The molecular formula is C28H28N4O4. The molecule has 3 saturated heterocycles. The van der Waals surface area contributed by atoms with Crippen LogP contribution in [0, 0.1) is 17.0 Å². The minimum Gasteiger partial charge on any atom is -0.595 e. The van der Waals surface area contributed by atoms with Gasteiger partial charge in [0.25, 0.3) is 0 Å². The van der Waals surface area contributed by atoms with Gasteiger partial charge in [-0.1, -0.05) is 11.6 Å². The highest BCUT2D eigenvalue weighted by Crippen LogP contribution is 2.66. The van der Waals surface area contributed by atoms with Gasteiger partial charge in [-0.3, -0.25) is 14.7 Å². The van der Waals surface area contributed by atoms with E-state index < -0.39 is 5.23 Å². The number of hydrogen-bond donors (Lipinski definition) is 2. The zero-order valence-corrected chi connectivity index (χ0v) is 19.8. The molecule has 8 nitrogen and oxygen atoms in total. The molecule has 2 aromatic carbocycles. The van der Waals surface area contributed by atoms with Gasteiger partial charge < -0.3 is 14.8 Å². The summed E-state index contributed by atoms with van der Waals surface area (Å²) >= 11 is 0. The van der Waals surface area contributed by atoms with Crippen molar-refractivity contribution in [3.8, 4) is 0 Å². The molecule has 5 aliphatic heterocycles. The molecule has 1 amide bonds. The molecule has 2 aromatic rings. The van der Waals surface area contributed by atoms with Crippen LogP contribution in [0.15, 0.2) is 59.1 Å². The van der Waals surface area contributed by atoms with Crippen LogP contribution in [0.3, 0.4) is 0 Å². The average Bonchev–Trinajstić information content (AvgIpc) is 3.35. The Hall–Kier alpha value is -2.88. The number of aliphatic imine (C=N–C) groups is 1. The number of nitrogens with one attached hydrogen (secondary N) is 1. The first-order valence-electron chi connectivity index (χ1n) is 12.9. The fourth-order valence-electron chi connectivity index (χ4n) is 8.48. The normalized spacial score (nSPS) is 36.6. The van der Waals surface area contributed by atoms with Gasteiger partial charge in [0.1, 0.15) is 0 Å². The van der Waals surface area contributed by atoms with Crippen molar-refractivity contribution < 1.29 is 20.0 Å². The van der Waals surface area contributed by atoms with Gasteiger partial charge in [0.15, 0.2) is 5.69 Å². The second-order valence-electron chi connectivity index (χ2n) is 11.1. The summed E-state index contributed by atoms with van der Waals surface area (Å²) in [7, 11) is 0. The number of nitrogens with zero attached hydrogens (tertiary/aromatic N) is 3. The summed E-state index contributed by atoms with van der Waals surface area (Å²) in [6.45, 7) is 2.72. The van der Waals surface area contributed by atoms with Gasteiger partial charge in [0.05, 0.1) is 30.9 Å². The summed E-state index contributed by atoms with van der Waals surface area (Å²) in [6.07, 6.45) is 6.77. The number of rotatable bonds is 3. The molecule has 7 unspecified atom stereocenters. The Balaban J connectivity index is 1.23. The van der Waals surface area contributed by atoms with Gasteiger partial charge >= 0.3 is 0 Å². The second-order valence-corrected chi connectivity index (χ2v) is 11.1. The molecule has 6 aliphatic rings. The van der Waals surface area contributed by atoms with Gasteiger partial charge in [-0.25, -0.2) is 5.21 Å². The molecule has 1 aliphatic carbocycles. The van der Waals surface area contributed by atoms with Crippen molar-refractivity contribution in [3.05, 3.63) is 70.4 Å². The smallest absolute Gasteiger partial charge is 0.229 e. The lowest BCUT2D eigenvalue weighted by atomic mass is 9.53. The van der Waals surface area contributed by atoms with E-state index in [1.165, 1.54) is 11.1 Å². The lowest BCUT2D eigenvalue weighted by Gasteiger charge is -2.58. The highest BCUT2D eigenvalue weighted by atomic mass is 16.8. The maximum Gasteiger partial charge on any atom is 0.229 e. The number of carbonyl (C=O) groups is 1. The molecule has 0 aromatic heterocycles. The molecule has 2 N–H and O–H groups in total. The van der Waals surface area contributed by atoms with Crippen molar-refractivity contribution in [2.45, 2.75) is 42.9 Å². The number of ether oxygens (including phenoxy) is 1. The number of quaternary nitrogens is 1. The quantitative estimate of drug-likeness (QED) is 0.396. The van der Waals surface area contributed by atoms with E-state index in [0.717, 1.165) is 42.9 Å². The van der Waals surface area contributed by atoms with E-state index in [2.05, 4.69) is 28.0 Å². The number of hydrogen-bond acceptors (Lipinski definition) is 6. The fraction of sp³-hybridized carbons (Fsp3) is 0.429. The van der Waals surface area contributed by atoms with Crippen LogP contribution >= 0.6 is 0 Å². The van der Waals surface area contributed by atoms with Crippen LogP contribution in [0.5, 0.6) is 0 Å². The van der Waals surface area contributed by atoms with Gasteiger partial charge in [0.2, 0.25) is 5.91 Å². The summed E-state index contributed by atoms with van der Waals surface area (Å²) in [5.41, 5.74) is 5.78. The number of benzene rings is 2. The van der Waals surface area contributed by atoms with Gasteiger partial charge in [-0.05, 0) is 66.8 Å². The van der Waals surface area contributed by atoms with Crippen LogP contribution in [-0.4, -0.2) is 60.1 Å². The maximum absolute atomic E-state index is 13.6. The fourth-order valence-corrected chi connectivity index (χ4v) is 8.48. The number of anilines is 1. The molecule has 2 bridgehead atoms. The van der Waals surface area contributed by atoms with Crippen LogP contribution in [-0.2, 0) is 14.9 Å². The zero-order chi connectivity index (χ0) is 24.2. The molecule has 0 radical (unpaired) electrons. The van der Waals surface area contributed by atoms with Crippen molar-refractivity contribution in [3.63, 3.8) is 0 Å². The second kappa shape index (κ2) is 7.34. The van der Waals surface area contributed by atoms with Crippen LogP contribution in [0.25, 0.3) is 0 Å². The van der Waals surface area contributed by atoms with Crippen LogP contribution in [0.4, 0.5) is 17.1 Å². The molecule has 36 heavy (non-hydrogen) atoms. The van der Waals surface area contributed by atoms with Crippen LogP contribution < -0.4 is 10.1 Å². The van der Waals surface area contributed by atoms with Crippen molar-refractivity contribution >= 4 is 29.2 Å². The molecule has 5 heterocycles. The van der Waals surface area contributed by atoms with Gasteiger partial charge in [-0.15, -0.1) is 0 Å². The molecule has 184 valence electrons. The van der Waals surface area contributed by atoms with Crippen LogP contribution in [0.2, 0.25) is 0 Å². The minimum absolute atomic E-state index is 0.00283. The Morgan fingerprint density at radius 3 is 2.92 bits per heavy atom. The van der Waals surface area contributed by atoms with E-state index in [0.29, 0.717) is 30.9 Å². The molecule has 7 atom stereocenters. The molecule has 1 spiro atoms. The van der Waals surface area contributed by atoms with E-state index in [1.54, 1.807) is 30.5 Å². The monoisotopic (exact) mass is 484 g/mol. The largest absolute Gasteiger partial charge is 0.595 e. The first kappa shape index (κ1) is 21.2. The topological polar surface area (TPSA) is 92.9 Å². The summed E-state index contributed by atoms with van der Waals surface area (Å²) in [5, 5.41) is 19.3. The first-order chi connectivity index (χ1) is 17.5. The summed E-state index contributed by atoms with van der Waals surface area (Å²) in [4.78, 5) is 23.1. The standard InChI is InChI=1S/C28H28N4O4/c33-25-13-23-26-20-12-24-28(8-9-30(24)15-17(20)7-10-36-23)21-11-18(3-6-22(21)31(25)27(26)28)29-14-16-1-4-19(5-2-16)32(34)35/h1-7,11,14,20,23-24,26-27,32,34H,8-10,12-13,15H2. The van der Waals surface area contributed by atoms with Gasteiger partial charge in [-0.2, -0.15) is 5.23 Å². The Labute approximate surface area is 209 Å².